The van der Waals surface area contributed by atoms with E-state index >= 15 is 0 Å². The van der Waals surface area contributed by atoms with Crippen LogP contribution in [0.2, 0.25) is 0 Å². The molecule has 0 radical (unpaired) electrons. The van der Waals surface area contributed by atoms with Crippen LogP contribution in [0.25, 0.3) is 0 Å². The van der Waals surface area contributed by atoms with E-state index in [0.29, 0.717) is 31.4 Å². The summed E-state index contributed by atoms with van der Waals surface area (Å²) in [6.07, 6.45) is 0. The number of hydrogen-bond donors (Lipinski definition) is 0. The number of rotatable bonds is 3. The minimum Gasteiger partial charge on any atom is -0.379 e. The highest BCUT2D eigenvalue weighted by Crippen LogP contribution is 2.25. The molecule has 2 bridgehead atoms. The van der Waals surface area contributed by atoms with Crippen molar-refractivity contribution in [3.8, 4) is 0 Å². The molecule has 4 rings (SSSR count). The van der Waals surface area contributed by atoms with Crippen LogP contribution in [0.15, 0.2) is 22.7 Å². The largest absolute Gasteiger partial charge is 0.379 e. The summed E-state index contributed by atoms with van der Waals surface area (Å²) >= 11 is 1.85. The summed E-state index contributed by atoms with van der Waals surface area (Å²) in [4.78, 5) is 20.0. The summed E-state index contributed by atoms with van der Waals surface area (Å²) in [5.41, 5.74) is 0.729. The molecule has 0 aromatic carbocycles. The van der Waals surface area contributed by atoms with Gasteiger partial charge >= 0.3 is 0 Å². The summed E-state index contributed by atoms with van der Waals surface area (Å²) in [5, 5.41) is 3.85. The predicted molar refractivity (Wildman–Crippen MR) is 94.7 cm³/mol. The van der Waals surface area contributed by atoms with Gasteiger partial charge in [-0.3, -0.25) is 9.69 Å². The van der Waals surface area contributed by atoms with Gasteiger partial charge in [0.15, 0.2) is 0 Å². The Kier molecular flexibility index (Phi) is 4.62. The Labute approximate surface area is 151 Å². The van der Waals surface area contributed by atoms with Crippen LogP contribution in [0.4, 0.5) is 0 Å². The first kappa shape index (κ1) is 16.8. The second-order valence-electron chi connectivity index (χ2n) is 7.05. The second-order valence-corrected chi connectivity index (χ2v) is 8.43. The molecule has 134 valence electrons. The standard InChI is InChI=1S/C18H23N3O3S/c1-12-5-17(24-19-12)18(22)21-7-14-6-20(8-15(21)11-23-10-14)9-16-4-3-13(2)25-16/h3-5,14-15H,6-11H2,1-2H3/t14-,15-/m0/s1. The SMILES string of the molecule is Cc1cc(C(=O)N2C[C@H]3COC[C@@H]2CN(Cc2ccc(C)s2)C3)on1. The van der Waals surface area contributed by atoms with Crippen LogP contribution in [0.5, 0.6) is 0 Å². The fourth-order valence-corrected chi connectivity index (χ4v) is 4.65. The Hall–Kier alpha value is -1.70. The third-order valence-electron chi connectivity index (χ3n) is 4.82. The van der Waals surface area contributed by atoms with Crippen LogP contribution in [-0.4, -0.2) is 59.8 Å². The normalized spacial score (nSPS) is 24.3. The molecule has 6 nitrogen and oxygen atoms in total. The maximum Gasteiger partial charge on any atom is 0.292 e. The van der Waals surface area contributed by atoms with Gasteiger partial charge in [-0.25, -0.2) is 0 Å². The van der Waals surface area contributed by atoms with Gasteiger partial charge in [-0.05, 0) is 26.0 Å². The van der Waals surface area contributed by atoms with Crippen molar-refractivity contribution in [2.24, 2.45) is 5.92 Å². The monoisotopic (exact) mass is 361 g/mol. The van der Waals surface area contributed by atoms with Gasteiger partial charge in [-0.1, -0.05) is 5.16 Å². The Morgan fingerprint density at radius 3 is 2.88 bits per heavy atom. The van der Waals surface area contributed by atoms with Crippen molar-refractivity contribution in [3.05, 3.63) is 39.4 Å². The Bertz CT molecular complexity index is 756. The van der Waals surface area contributed by atoms with Gasteiger partial charge in [-0.15, -0.1) is 11.3 Å². The average molecular weight is 361 g/mol. The molecular formula is C18H23N3O3S. The molecule has 2 fully saturated rings. The van der Waals surface area contributed by atoms with Crippen LogP contribution in [-0.2, 0) is 11.3 Å². The van der Waals surface area contributed by atoms with Gasteiger partial charge in [0.2, 0.25) is 5.76 Å². The van der Waals surface area contributed by atoms with Gasteiger partial charge in [0.1, 0.15) is 0 Å². The number of thiophene rings is 1. The molecule has 0 N–H and O–H groups in total. The molecule has 2 aromatic heterocycles. The van der Waals surface area contributed by atoms with Crippen LogP contribution in [0.3, 0.4) is 0 Å². The number of nitrogens with zero attached hydrogens (tertiary/aromatic N) is 3. The Morgan fingerprint density at radius 1 is 1.28 bits per heavy atom. The zero-order valence-corrected chi connectivity index (χ0v) is 15.4. The number of fused-ring (bicyclic) bond motifs is 3. The number of ether oxygens (including phenoxy) is 1. The lowest BCUT2D eigenvalue weighted by Gasteiger charge is -2.30. The maximum absolute atomic E-state index is 12.9. The molecule has 4 heterocycles. The molecule has 2 atom stereocenters. The summed E-state index contributed by atoms with van der Waals surface area (Å²) < 4.78 is 11.0. The lowest BCUT2D eigenvalue weighted by molar-refractivity contribution is 0.0408. The van der Waals surface area contributed by atoms with Crippen LogP contribution in [0, 0.1) is 19.8 Å². The lowest BCUT2D eigenvalue weighted by Crippen LogP contribution is -2.46. The summed E-state index contributed by atoms with van der Waals surface area (Å²) in [6.45, 7) is 8.68. The molecule has 2 aromatic rings. The Balaban J connectivity index is 1.52. The van der Waals surface area contributed by atoms with Gasteiger partial charge in [0.25, 0.3) is 5.91 Å². The van der Waals surface area contributed by atoms with Crippen molar-refractivity contribution in [2.75, 3.05) is 32.8 Å². The average Bonchev–Trinajstić information content (AvgIpc) is 3.06. The van der Waals surface area contributed by atoms with E-state index in [1.54, 1.807) is 6.07 Å². The summed E-state index contributed by atoms with van der Waals surface area (Å²) in [5.74, 6) is 0.571. The van der Waals surface area contributed by atoms with E-state index in [1.807, 2.05) is 23.2 Å². The number of aromatic nitrogens is 1. The molecule has 7 heteroatoms. The number of carbonyl (C=O) groups is 1. The van der Waals surface area contributed by atoms with Crippen molar-refractivity contribution in [1.82, 2.24) is 15.0 Å². The summed E-state index contributed by atoms with van der Waals surface area (Å²) in [6, 6.07) is 6.14. The molecule has 25 heavy (non-hydrogen) atoms. The molecule has 2 aliphatic rings. The highest BCUT2D eigenvalue weighted by molar-refractivity contribution is 7.11. The predicted octanol–water partition coefficient (Wildman–Crippen LogP) is 2.33. The summed E-state index contributed by atoms with van der Waals surface area (Å²) in [7, 11) is 0. The fourth-order valence-electron chi connectivity index (χ4n) is 3.71. The first-order valence-electron chi connectivity index (χ1n) is 8.68. The van der Waals surface area contributed by atoms with Crippen LogP contribution in [0.1, 0.15) is 26.0 Å². The molecular weight excluding hydrogens is 338 g/mol. The molecule has 1 amide bonds. The van der Waals surface area contributed by atoms with Crippen molar-refractivity contribution in [2.45, 2.75) is 26.4 Å². The van der Waals surface area contributed by atoms with E-state index in [1.165, 1.54) is 9.75 Å². The zero-order valence-electron chi connectivity index (χ0n) is 14.6. The highest BCUT2D eigenvalue weighted by atomic mass is 32.1. The Morgan fingerprint density at radius 2 is 2.16 bits per heavy atom. The molecule has 0 spiro atoms. The number of aryl methyl sites for hydroxylation is 2. The number of hydrogen-bond acceptors (Lipinski definition) is 6. The van der Waals surface area contributed by atoms with Gasteiger partial charge in [0, 0.05) is 47.9 Å². The second kappa shape index (κ2) is 6.90. The van der Waals surface area contributed by atoms with E-state index in [0.717, 1.165) is 25.3 Å². The van der Waals surface area contributed by atoms with Crippen molar-refractivity contribution >= 4 is 17.2 Å². The van der Waals surface area contributed by atoms with Gasteiger partial charge in [-0.2, -0.15) is 0 Å². The molecule has 0 unspecified atom stereocenters. The molecule has 2 aliphatic heterocycles. The van der Waals surface area contributed by atoms with E-state index in [2.05, 4.69) is 29.1 Å². The van der Waals surface area contributed by atoms with Crippen molar-refractivity contribution in [3.63, 3.8) is 0 Å². The van der Waals surface area contributed by atoms with E-state index in [4.69, 9.17) is 9.26 Å². The smallest absolute Gasteiger partial charge is 0.292 e. The zero-order chi connectivity index (χ0) is 17.4. The minimum absolute atomic E-state index is 0.0477. The fraction of sp³-hybridized carbons (Fsp3) is 0.556. The molecule has 0 aliphatic carbocycles. The number of amides is 1. The molecule has 2 saturated heterocycles. The lowest BCUT2D eigenvalue weighted by atomic mass is 10.1. The highest BCUT2D eigenvalue weighted by Gasteiger charge is 2.37. The first-order chi connectivity index (χ1) is 12.1. The van der Waals surface area contributed by atoms with Gasteiger partial charge in [0.05, 0.1) is 24.9 Å². The number of carbonyl (C=O) groups excluding carboxylic acids is 1. The first-order valence-corrected chi connectivity index (χ1v) is 9.50. The van der Waals surface area contributed by atoms with E-state index in [9.17, 15) is 4.79 Å². The maximum atomic E-state index is 12.9. The van der Waals surface area contributed by atoms with E-state index in [-0.39, 0.29) is 11.9 Å². The minimum atomic E-state index is -0.0741. The van der Waals surface area contributed by atoms with Gasteiger partial charge < -0.3 is 14.2 Å². The van der Waals surface area contributed by atoms with Crippen LogP contribution < -0.4 is 0 Å². The van der Waals surface area contributed by atoms with E-state index < -0.39 is 0 Å². The quantitative estimate of drug-likeness (QED) is 0.840. The van der Waals surface area contributed by atoms with Crippen molar-refractivity contribution in [1.29, 1.82) is 0 Å². The van der Waals surface area contributed by atoms with Crippen LogP contribution >= 0.6 is 11.3 Å². The van der Waals surface area contributed by atoms with Crippen molar-refractivity contribution < 1.29 is 14.1 Å². The molecule has 0 saturated carbocycles. The third kappa shape index (κ3) is 3.63. The topological polar surface area (TPSA) is 58.8 Å². The third-order valence-corrected chi connectivity index (χ3v) is 5.81.